The number of nitrogens with two attached hydrogens (primary N) is 1. The lowest BCUT2D eigenvalue weighted by molar-refractivity contribution is -0.137. The van der Waals surface area contributed by atoms with E-state index in [9.17, 15) is 14.0 Å². The number of primary amides is 1. The molecule has 102 valence electrons. The second-order valence-electron chi connectivity index (χ2n) is 3.44. The minimum absolute atomic E-state index is 0.0114. The highest BCUT2D eigenvalue weighted by atomic mass is 19.1. The molecule has 0 saturated heterocycles. The lowest BCUT2D eigenvalue weighted by atomic mass is 10.2. The minimum atomic E-state index is -0.914. The van der Waals surface area contributed by atoms with Gasteiger partial charge in [0.05, 0.1) is 6.61 Å². The fourth-order valence-electron chi connectivity index (χ4n) is 1.34. The average Bonchev–Trinajstić information content (AvgIpc) is 2.34. The van der Waals surface area contributed by atoms with Gasteiger partial charge in [-0.1, -0.05) is 6.07 Å². The molecule has 0 saturated carbocycles. The van der Waals surface area contributed by atoms with Crippen LogP contribution >= 0.6 is 0 Å². The molecular formula is C13H14FNO4. The normalized spacial score (nSPS) is 10.4. The molecule has 2 N–H and O–H groups in total. The van der Waals surface area contributed by atoms with Gasteiger partial charge in [-0.05, 0) is 25.1 Å². The Bertz CT molecular complexity index is 499. The van der Waals surface area contributed by atoms with E-state index in [1.54, 1.807) is 6.92 Å². The zero-order chi connectivity index (χ0) is 14.3. The van der Waals surface area contributed by atoms with Gasteiger partial charge in [0.15, 0.2) is 0 Å². The summed E-state index contributed by atoms with van der Waals surface area (Å²) in [6.07, 6.45) is 2.58. The summed E-state index contributed by atoms with van der Waals surface area (Å²) in [6, 6.07) is 3.93. The van der Waals surface area contributed by atoms with Gasteiger partial charge in [-0.25, -0.2) is 9.18 Å². The highest BCUT2D eigenvalue weighted by molar-refractivity contribution is 5.95. The fraction of sp³-hybridized carbons (Fsp3) is 0.231. The zero-order valence-corrected chi connectivity index (χ0v) is 10.4. The van der Waals surface area contributed by atoms with Crippen LogP contribution in [0.25, 0.3) is 0 Å². The van der Waals surface area contributed by atoms with Crippen LogP contribution < -0.4 is 10.5 Å². The Balaban J connectivity index is 2.66. The summed E-state index contributed by atoms with van der Waals surface area (Å²) in [6.45, 7) is 1.95. The van der Waals surface area contributed by atoms with Gasteiger partial charge in [-0.2, -0.15) is 0 Å². The number of ether oxygens (including phenoxy) is 2. The van der Waals surface area contributed by atoms with Gasteiger partial charge in [0.2, 0.25) is 0 Å². The maximum atomic E-state index is 13.4. The largest absolute Gasteiger partial charge is 0.489 e. The summed E-state index contributed by atoms with van der Waals surface area (Å²) in [5.41, 5.74) is 4.74. The number of carbonyl (C=O) groups excluding carboxylic acids is 2. The van der Waals surface area contributed by atoms with E-state index >= 15 is 0 Å². The quantitative estimate of drug-likeness (QED) is 0.624. The van der Waals surface area contributed by atoms with Crippen molar-refractivity contribution in [3.63, 3.8) is 0 Å². The summed E-state index contributed by atoms with van der Waals surface area (Å²) in [7, 11) is 0. The second-order valence-corrected chi connectivity index (χ2v) is 3.44. The van der Waals surface area contributed by atoms with Crippen LogP contribution in [0.15, 0.2) is 30.4 Å². The molecule has 19 heavy (non-hydrogen) atoms. The van der Waals surface area contributed by atoms with E-state index in [-0.39, 0.29) is 24.5 Å². The fourth-order valence-corrected chi connectivity index (χ4v) is 1.34. The molecule has 5 nitrogen and oxygen atoms in total. The third-order valence-corrected chi connectivity index (χ3v) is 2.10. The van der Waals surface area contributed by atoms with Crippen LogP contribution in [0.4, 0.5) is 4.39 Å². The molecule has 0 atom stereocenters. The first-order chi connectivity index (χ1) is 9.06. The first-order valence-corrected chi connectivity index (χ1v) is 5.60. The average molecular weight is 267 g/mol. The van der Waals surface area contributed by atoms with Crippen molar-refractivity contribution in [1.29, 1.82) is 0 Å². The molecule has 0 aliphatic heterocycles. The number of esters is 1. The number of hydrogen-bond acceptors (Lipinski definition) is 4. The number of halogens is 1. The molecule has 0 radical (unpaired) electrons. The van der Waals surface area contributed by atoms with Crippen molar-refractivity contribution in [2.75, 3.05) is 13.2 Å². The Kier molecular flexibility index (Phi) is 5.53. The molecule has 1 aromatic carbocycles. The molecule has 0 heterocycles. The van der Waals surface area contributed by atoms with Gasteiger partial charge in [-0.3, -0.25) is 4.79 Å². The molecule has 0 aliphatic rings. The van der Waals surface area contributed by atoms with Crippen molar-refractivity contribution in [3.8, 4) is 5.75 Å². The van der Waals surface area contributed by atoms with Crippen LogP contribution in [0.3, 0.4) is 0 Å². The lowest BCUT2D eigenvalue weighted by Crippen LogP contribution is -2.15. The van der Waals surface area contributed by atoms with Crippen molar-refractivity contribution in [3.05, 3.63) is 41.7 Å². The van der Waals surface area contributed by atoms with E-state index in [1.165, 1.54) is 24.3 Å². The van der Waals surface area contributed by atoms with Crippen molar-refractivity contribution in [2.45, 2.75) is 6.92 Å². The standard InChI is InChI=1S/C13H14FNO4/c1-2-18-11(16)7-4-8-19-10-6-3-5-9(14)12(10)13(15)17/h3-7H,2,8H2,1H3,(H2,15,17)/b7-4+. The van der Waals surface area contributed by atoms with E-state index in [1.807, 2.05) is 0 Å². The summed E-state index contributed by atoms with van der Waals surface area (Å²) in [5.74, 6) is -2.14. The SMILES string of the molecule is CCOC(=O)/C=C/COc1cccc(F)c1C(N)=O. The van der Waals surface area contributed by atoms with Crippen LogP contribution in [-0.4, -0.2) is 25.1 Å². The maximum Gasteiger partial charge on any atom is 0.330 e. The molecule has 1 amide bonds. The maximum absolute atomic E-state index is 13.4. The predicted molar refractivity (Wildman–Crippen MR) is 66.2 cm³/mol. The third-order valence-electron chi connectivity index (χ3n) is 2.10. The van der Waals surface area contributed by atoms with Crippen molar-refractivity contribution < 1.29 is 23.5 Å². The third kappa shape index (κ3) is 4.42. The number of hydrogen-bond donors (Lipinski definition) is 1. The van der Waals surface area contributed by atoms with E-state index in [0.717, 1.165) is 6.07 Å². The molecular weight excluding hydrogens is 253 g/mol. The first-order valence-electron chi connectivity index (χ1n) is 5.60. The second kappa shape index (κ2) is 7.15. The Morgan fingerprint density at radius 2 is 2.16 bits per heavy atom. The van der Waals surface area contributed by atoms with Gasteiger partial charge >= 0.3 is 5.97 Å². The number of amides is 1. The van der Waals surface area contributed by atoms with Gasteiger partial charge in [0.1, 0.15) is 23.7 Å². The zero-order valence-electron chi connectivity index (χ0n) is 10.4. The first kappa shape index (κ1) is 14.7. The molecule has 0 spiro atoms. The van der Waals surface area contributed by atoms with Crippen molar-refractivity contribution in [1.82, 2.24) is 0 Å². The Hall–Kier alpha value is -2.37. The van der Waals surface area contributed by atoms with Crippen LogP contribution in [-0.2, 0) is 9.53 Å². The molecule has 1 aromatic rings. The molecule has 0 bridgehead atoms. The van der Waals surface area contributed by atoms with Crippen LogP contribution in [0.1, 0.15) is 17.3 Å². The van der Waals surface area contributed by atoms with Gasteiger partial charge < -0.3 is 15.2 Å². The van der Waals surface area contributed by atoms with E-state index in [4.69, 9.17) is 10.5 Å². The summed E-state index contributed by atoms with van der Waals surface area (Å²) in [4.78, 5) is 22.1. The Morgan fingerprint density at radius 1 is 1.42 bits per heavy atom. The summed E-state index contributed by atoms with van der Waals surface area (Å²) < 4.78 is 23.2. The Morgan fingerprint density at radius 3 is 2.79 bits per heavy atom. The molecule has 0 aromatic heterocycles. The lowest BCUT2D eigenvalue weighted by Gasteiger charge is -2.08. The van der Waals surface area contributed by atoms with Crippen LogP contribution in [0.2, 0.25) is 0 Å². The Labute approximate surface area is 109 Å². The van der Waals surface area contributed by atoms with Gasteiger partial charge in [0, 0.05) is 6.08 Å². The summed E-state index contributed by atoms with van der Waals surface area (Å²) >= 11 is 0. The highest BCUT2D eigenvalue weighted by Crippen LogP contribution is 2.20. The monoisotopic (exact) mass is 267 g/mol. The molecule has 0 aliphatic carbocycles. The molecule has 6 heteroatoms. The van der Waals surface area contributed by atoms with Crippen molar-refractivity contribution in [2.24, 2.45) is 5.73 Å². The van der Waals surface area contributed by atoms with Gasteiger partial charge in [-0.15, -0.1) is 0 Å². The number of rotatable bonds is 6. The number of benzene rings is 1. The minimum Gasteiger partial charge on any atom is -0.489 e. The van der Waals surface area contributed by atoms with Gasteiger partial charge in [0.25, 0.3) is 5.91 Å². The summed E-state index contributed by atoms with van der Waals surface area (Å²) in [5, 5.41) is 0. The van der Waals surface area contributed by atoms with E-state index < -0.39 is 17.7 Å². The smallest absolute Gasteiger partial charge is 0.330 e. The van der Waals surface area contributed by atoms with E-state index in [2.05, 4.69) is 4.74 Å². The van der Waals surface area contributed by atoms with E-state index in [0.29, 0.717) is 0 Å². The number of carbonyl (C=O) groups is 2. The van der Waals surface area contributed by atoms with Crippen molar-refractivity contribution >= 4 is 11.9 Å². The van der Waals surface area contributed by atoms with Crippen LogP contribution in [0, 0.1) is 5.82 Å². The molecule has 1 rings (SSSR count). The molecule has 0 unspecified atom stereocenters. The molecule has 0 fully saturated rings. The van der Waals surface area contributed by atoms with Crippen LogP contribution in [0.5, 0.6) is 5.75 Å². The predicted octanol–water partition coefficient (Wildman–Crippen LogP) is 1.42. The highest BCUT2D eigenvalue weighted by Gasteiger charge is 2.14. The topological polar surface area (TPSA) is 78.6 Å².